The van der Waals surface area contributed by atoms with E-state index >= 15 is 0 Å². The molecule has 1 atom stereocenters. The van der Waals surface area contributed by atoms with Gasteiger partial charge in [-0.25, -0.2) is 4.39 Å². The molecule has 18 heavy (non-hydrogen) atoms. The van der Waals surface area contributed by atoms with E-state index in [1.165, 1.54) is 0 Å². The molecule has 0 spiro atoms. The van der Waals surface area contributed by atoms with Crippen LogP contribution in [-0.4, -0.2) is 23.2 Å². The number of hydrogen-bond acceptors (Lipinski definition) is 4. The second kappa shape index (κ2) is 4.49. The van der Waals surface area contributed by atoms with Gasteiger partial charge in [0.15, 0.2) is 0 Å². The summed E-state index contributed by atoms with van der Waals surface area (Å²) in [6.45, 7) is 1.08. The Morgan fingerprint density at radius 2 is 2.11 bits per heavy atom. The van der Waals surface area contributed by atoms with Gasteiger partial charge < -0.3 is 9.84 Å². The van der Waals surface area contributed by atoms with Gasteiger partial charge in [0.2, 0.25) is 11.5 Å². The van der Waals surface area contributed by atoms with Crippen LogP contribution >= 0.6 is 0 Å². The van der Waals surface area contributed by atoms with E-state index in [0.29, 0.717) is 12.2 Å². The molecule has 1 unspecified atom stereocenters. The third kappa shape index (κ3) is 2.01. The first-order valence-electron chi connectivity index (χ1n) is 6.07. The summed E-state index contributed by atoms with van der Waals surface area (Å²) in [7, 11) is 0. The number of nitrogens with zero attached hydrogens (tertiary/aromatic N) is 2. The topological polar surface area (TPSA) is 51.0 Å². The molecule has 3 rings (SSSR count). The van der Waals surface area contributed by atoms with Crippen LogP contribution in [0, 0.1) is 0 Å². The van der Waals surface area contributed by atoms with Gasteiger partial charge in [0.25, 0.3) is 5.89 Å². The minimum absolute atomic E-state index is 0.0774. The number of halogens is 1. The summed E-state index contributed by atoms with van der Waals surface area (Å²) >= 11 is 0. The fraction of sp³-hybridized carbons (Fsp3) is 0.385. The predicted molar refractivity (Wildman–Crippen MR) is 64.6 cm³/mol. The van der Waals surface area contributed by atoms with Crippen LogP contribution in [0.2, 0.25) is 0 Å². The molecular weight excluding hydrogens is 233 g/mol. The van der Waals surface area contributed by atoms with Crippen molar-refractivity contribution < 1.29 is 8.91 Å². The van der Waals surface area contributed by atoms with E-state index in [-0.39, 0.29) is 12.4 Å². The third-order valence-electron chi connectivity index (χ3n) is 3.17. The van der Waals surface area contributed by atoms with E-state index in [0.717, 1.165) is 18.5 Å². The molecule has 1 aromatic carbocycles. The Morgan fingerprint density at radius 3 is 2.83 bits per heavy atom. The maximum Gasteiger partial charge on any atom is 0.265 e. The molecule has 0 aliphatic carbocycles. The van der Waals surface area contributed by atoms with Crippen molar-refractivity contribution in [2.45, 2.75) is 18.5 Å². The van der Waals surface area contributed by atoms with E-state index in [9.17, 15) is 4.39 Å². The number of rotatable bonds is 2. The van der Waals surface area contributed by atoms with Crippen molar-refractivity contribution in [3.63, 3.8) is 0 Å². The molecule has 0 saturated carbocycles. The second-order valence-corrected chi connectivity index (χ2v) is 4.53. The fourth-order valence-corrected chi connectivity index (χ4v) is 2.16. The summed E-state index contributed by atoms with van der Waals surface area (Å²) in [5.41, 5.74) is -0.696. The van der Waals surface area contributed by atoms with Crippen molar-refractivity contribution in [2.75, 3.05) is 13.1 Å². The van der Waals surface area contributed by atoms with Gasteiger partial charge in [0.05, 0.1) is 0 Å². The van der Waals surface area contributed by atoms with Gasteiger partial charge in [-0.1, -0.05) is 35.5 Å². The molecular formula is C13H14FN3O. The van der Waals surface area contributed by atoms with Crippen LogP contribution in [0.3, 0.4) is 0 Å². The van der Waals surface area contributed by atoms with Crippen molar-refractivity contribution in [1.29, 1.82) is 0 Å². The fourth-order valence-electron chi connectivity index (χ4n) is 2.16. The molecule has 4 nitrogen and oxygen atoms in total. The van der Waals surface area contributed by atoms with E-state index in [1.807, 2.05) is 30.3 Å². The SMILES string of the molecule is FC1(c2nc(-c3ccccc3)no2)CCCNC1. The Hall–Kier alpha value is -1.75. The summed E-state index contributed by atoms with van der Waals surface area (Å²) < 4.78 is 19.7. The Kier molecular flexibility index (Phi) is 2.83. The quantitative estimate of drug-likeness (QED) is 0.884. The maximum absolute atomic E-state index is 14.6. The molecule has 2 heterocycles. The Morgan fingerprint density at radius 1 is 1.28 bits per heavy atom. The molecule has 5 heteroatoms. The summed E-state index contributed by atoms with van der Waals surface area (Å²) in [5.74, 6) is 0.516. The van der Waals surface area contributed by atoms with E-state index in [2.05, 4.69) is 15.5 Å². The number of benzene rings is 1. The van der Waals surface area contributed by atoms with Gasteiger partial charge in [-0.15, -0.1) is 0 Å². The van der Waals surface area contributed by atoms with Crippen LogP contribution in [0.15, 0.2) is 34.9 Å². The lowest BCUT2D eigenvalue weighted by molar-refractivity contribution is 0.0785. The van der Waals surface area contributed by atoms with E-state index in [1.54, 1.807) is 0 Å². The van der Waals surface area contributed by atoms with Gasteiger partial charge >= 0.3 is 0 Å². The maximum atomic E-state index is 14.6. The normalized spacial score (nSPS) is 24.1. The largest absolute Gasteiger partial charge is 0.335 e. The van der Waals surface area contributed by atoms with Crippen LogP contribution < -0.4 is 5.32 Å². The highest BCUT2D eigenvalue weighted by atomic mass is 19.1. The van der Waals surface area contributed by atoms with E-state index in [4.69, 9.17) is 4.52 Å². The van der Waals surface area contributed by atoms with Crippen molar-refractivity contribution in [3.05, 3.63) is 36.2 Å². The lowest BCUT2D eigenvalue weighted by Gasteiger charge is -2.26. The molecule has 0 bridgehead atoms. The Labute approximate surface area is 104 Å². The first-order valence-corrected chi connectivity index (χ1v) is 6.07. The van der Waals surface area contributed by atoms with Crippen molar-refractivity contribution in [1.82, 2.24) is 15.5 Å². The first-order chi connectivity index (χ1) is 8.78. The Balaban J connectivity index is 1.89. The van der Waals surface area contributed by atoms with Crippen LogP contribution in [0.25, 0.3) is 11.4 Å². The summed E-state index contributed by atoms with van der Waals surface area (Å²) in [5, 5.41) is 6.87. The number of alkyl halides is 1. The minimum atomic E-state index is -1.53. The van der Waals surface area contributed by atoms with Crippen molar-refractivity contribution in [2.24, 2.45) is 0 Å². The van der Waals surface area contributed by atoms with Crippen molar-refractivity contribution in [3.8, 4) is 11.4 Å². The molecule has 0 radical (unpaired) electrons. The highest BCUT2D eigenvalue weighted by Gasteiger charge is 2.39. The number of hydrogen-bond donors (Lipinski definition) is 1. The highest BCUT2D eigenvalue weighted by molar-refractivity contribution is 5.53. The van der Waals surface area contributed by atoms with Gasteiger partial charge in [0.1, 0.15) is 0 Å². The summed E-state index contributed by atoms with van der Waals surface area (Å²) in [6, 6.07) is 9.43. The smallest absolute Gasteiger partial charge is 0.265 e. The molecule has 2 aromatic rings. The Bertz CT molecular complexity index is 520. The van der Waals surface area contributed by atoms with Crippen LogP contribution in [0.1, 0.15) is 18.7 Å². The molecule has 1 N–H and O–H groups in total. The molecule has 94 valence electrons. The first kappa shape index (κ1) is 11.3. The van der Waals surface area contributed by atoms with Crippen LogP contribution in [-0.2, 0) is 5.67 Å². The van der Waals surface area contributed by atoms with Gasteiger partial charge in [-0.2, -0.15) is 4.98 Å². The predicted octanol–water partition coefficient (Wildman–Crippen LogP) is 2.28. The molecule has 1 fully saturated rings. The minimum Gasteiger partial charge on any atom is -0.335 e. The number of nitrogens with one attached hydrogen (secondary N) is 1. The highest BCUT2D eigenvalue weighted by Crippen LogP contribution is 2.32. The zero-order chi connectivity index (χ0) is 12.4. The van der Waals surface area contributed by atoms with Crippen LogP contribution in [0.4, 0.5) is 4.39 Å². The van der Waals surface area contributed by atoms with E-state index < -0.39 is 5.67 Å². The molecule has 1 aromatic heterocycles. The summed E-state index contributed by atoms with van der Waals surface area (Å²) in [6.07, 6.45) is 1.20. The molecule has 0 amide bonds. The lowest BCUT2D eigenvalue weighted by atomic mass is 9.96. The molecule has 1 saturated heterocycles. The monoisotopic (exact) mass is 247 g/mol. The number of aromatic nitrogens is 2. The third-order valence-corrected chi connectivity index (χ3v) is 3.17. The zero-order valence-electron chi connectivity index (χ0n) is 9.90. The number of piperidine rings is 1. The van der Waals surface area contributed by atoms with Gasteiger partial charge in [-0.3, -0.25) is 0 Å². The van der Waals surface area contributed by atoms with Crippen LogP contribution in [0.5, 0.6) is 0 Å². The lowest BCUT2D eigenvalue weighted by Crippen LogP contribution is -2.40. The zero-order valence-corrected chi connectivity index (χ0v) is 9.90. The molecule has 1 aliphatic heterocycles. The van der Waals surface area contributed by atoms with Gasteiger partial charge in [-0.05, 0) is 19.4 Å². The summed E-state index contributed by atoms with van der Waals surface area (Å²) in [4.78, 5) is 4.18. The molecule has 1 aliphatic rings. The van der Waals surface area contributed by atoms with Gasteiger partial charge in [0, 0.05) is 12.1 Å². The second-order valence-electron chi connectivity index (χ2n) is 4.53. The standard InChI is InChI=1S/C13H14FN3O/c14-13(7-4-8-15-9-13)12-16-11(17-18-12)10-5-2-1-3-6-10/h1-3,5-6,15H,4,7-9H2. The average Bonchev–Trinajstić information content (AvgIpc) is 2.91. The average molecular weight is 247 g/mol. The van der Waals surface area contributed by atoms with Crippen molar-refractivity contribution >= 4 is 0 Å².